The second-order valence-electron chi connectivity index (χ2n) is 3.62. The van der Waals surface area contributed by atoms with E-state index in [-0.39, 0.29) is 11.5 Å². The molecule has 0 aliphatic carbocycles. The Hall–Kier alpha value is -2.17. The van der Waals surface area contributed by atoms with Gasteiger partial charge in [-0.15, -0.1) is 0 Å². The number of nitrogens with two attached hydrogens (primary N) is 1. The Labute approximate surface area is 92.6 Å². The van der Waals surface area contributed by atoms with Crippen LogP contribution in [0.4, 0.5) is 5.82 Å². The van der Waals surface area contributed by atoms with Crippen LogP contribution >= 0.6 is 0 Å². The molecule has 0 aliphatic heterocycles. The largest absolute Gasteiger partial charge is 0.383 e. The third kappa shape index (κ3) is 1.79. The number of anilines is 1. The minimum absolute atomic E-state index is 0.270. The molecule has 16 heavy (non-hydrogen) atoms. The van der Waals surface area contributed by atoms with Gasteiger partial charge < -0.3 is 5.73 Å². The van der Waals surface area contributed by atoms with E-state index in [1.165, 1.54) is 4.57 Å². The summed E-state index contributed by atoms with van der Waals surface area (Å²) in [6.07, 6.45) is 3.34. The first-order valence-electron chi connectivity index (χ1n) is 4.87. The van der Waals surface area contributed by atoms with Gasteiger partial charge >= 0.3 is 5.69 Å². The molecule has 5 nitrogen and oxygen atoms in total. The van der Waals surface area contributed by atoms with Crippen LogP contribution in [0, 0.1) is 13.8 Å². The van der Waals surface area contributed by atoms with Gasteiger partial charge in [0.15, 0.2) is 0 Å². The monoisotopic (exact) mass is 216 g/mol. The fraction of sp³-hybridized carbons (Fsp3) is 0.182. The first-order valence-corrected chi connectivity index (χ1v) is 4.87. The first-order chi connectivity index (χ1) is 7.58. The number of aromatic nitrogens is 3. The molecule has 2 rings (SSSR count). The molecule has 82 valence electrons. The summed E-state index contributed by atoms with van der Waals surface area (Å²) in [6.45, 7) is 3.68. The molecule has 0 radical (unpaired) electrons. The van der Waals surface area contributed by atoms with E-state index in [2.05, 4.69) is 9.97 Å². The van der Waals surface area contributed by atoms with Crippen molar-refractivity contribution in [3.63, 3.8) is 0 Å². The Bertz CT molecular complexity index is 589. The Morgan fingerprint density at radius 2 is 2.12 bits per heavy atom. The van der Waals surface area contributed by atoms with Crippen molar-refractivity contribution >= 4 is 5.82 Å². The molecule has 2 N–H and O–H groups in total. The maximum absolute atomic E-state index is 11.7. The second-order valence-corrected chi connectivity index (χ2v) is 3.62. The maximum Gasteiger partial charge on any atom is 0.354 e. The third-order valence-electron chi connectivity index (χ3n) is 2.31. The van der Waals surface area contributed by atoms with Crippen LogP contribution in [-0.4, -0.2) is 14.5 Å². The van der Waals surface area contributed by atoms with E-state index in [1.807, 2.05) is 19.9 Å². The first kappa shape index (κ1) is 10.4. The smallest absolute Gasteiger partial charge is 0.354 e. The van der Waals surface area contributed by atoms with Gasteiger partial charge in [-0.1, -0.05) is 0 Å². The summed E-state index contributed by atoms with van der Waals surface area (Å²) >= 11 is 0. The molecule has 0 saturated heterocycles. The molecule has 5 heteroatoms. The van der Waals surface area contributed by atoms with Gasteiger partial charge in [0.1, 0.15) is 5.82 Å². The molecule has 2 aromatic heterocycles. The van der Waals surface area contributed by atoms with E-state index in [0.29, 0.717) is 0 Å². The number of nitrogens with zero attached hydrogens (tertiary/aromatic N) is 3. The van der Waals surface area contributed by atoms with E-state index in [4.69, 9.17) is 5.73 Å². The lowest BCUT2D eigenvalue weighted by Gasteiger charge is -2.07. The summed E-state index contributed by atoms with van der Waals surface area (Å²) < 4.78 is 1.46. The second kappa shape index (κ2) is 3.77. The normalized spacial score (nSPS) is 10.4. The van der Waals surface area contributed by atoms with Crippen molar-refractivity contribution in [3.05, 3.63) is 46.3 Å². The van der Waals surface area contributed by atoms with E-state index < -0.39 is 0 Å². The topological polar surface area (TPSA) is 73.8 Å². The zero-order chi connectivity index (χ0) is 11.7. The number of aryl methyl sites for hydroxylation is 2. The summed E-state index contributed by atoms with van der Waals surface area (Å²) in [6, 6.07) is 3.57. The standard InChI is InChI=1S/C11H12N4O/c1-7-6-15(11(16)14-10(7)12)9-3-4-13-8(2)5-9/h3-6H,1-2H3,(H2,12,14,16). The van der Waals surface area contributed by atoms with Gasteiger partial charge in [0.2, 0.25) is 0 Å². The van der Waals surface area contributed by atoms with Crippen molar-refractivity contribution in [2.24, 2.45) is 0 Å². The molecule has 0 unspecified atom stereocenters. The summed E-state index contributed by atoms with van der Waals surface area (Å²) in [4.78, 5) is 19.5. The van der Waals surface area contributed by atoms with Gasteiger partial charge in [-0.3, -0.25) is 9.55 Å². The van der Waals surface area contributed by atoms with Crippen LogP contribution in [-0.2, 0) is 0 Å². The molecule has 0 amide bonds. The zero-order valence-corrected chi connectivity index (χ0v) is 9.14. The van der Waals surface area contributed by atoms with E-state index in [9.17, 15) is 4.79 Å². The van der Waals surface area contributed by atoms with E-state index in [1.54, 1.807) is 18.5 Å². The highest BCUT2D eigenvalue weighted by atomic mass is 16.1. The van der Waals surface area contributed by atoms with Crippen LogP contribution in [0.15, 0.2) is 29.3 Å². The van der Waals surface area contributed by atoms with Gasteiger partial charge in [-0.25, -0.2) is 4.79 Å². The highest BCUT2D eigenvalue weighted by molar-refractivity contribution is 5.39. The minimum Gasteiger partial charge on any atom is -0.383 e. The number of rotatable bonds is 1. The van der Waals surface area contributed by atoms with Crippen molar-refractivity contribution in [2.75, 3.05) is 5.73 Å². The van der Waals surface area contributed by atoms with Gasteiger partial charge in [0, 0.05) is 23.7 Å². The predicted octanol–water partition coefficient (Wildman–Crippen LogP) is 0.827. The zero-order valence-electron chi connectivity index (χ0n) is 9.14. The molecule has 2 heterocycles. The Morgan fingerprint density at radius 1 is 1.38 bits per heavy atom. The number of pyridine rings is 1. The average molecular weight is 216 g/mol. The van der Waals surface area contributed by atoms with Crippen LogP contribution in [0.5, 0.6) is 0 Å². The molecule has 0 aromatic carbocycles. The summed E-state index contributed by atoms with van der Waals surface area (Å²) in [5.41, 5.74) is 7.54. The minimum atomic E-state index is -0.381. The predicted molar refractivity (Wildman–Crippen MR) is 61.5 cm³/mol. The highest BCUT2D eigenvalue weighted by Gasteiger charge is 2.04. The van der Waals surface area contributed by atoms with Crippen LogP contribution in [0.25, 0.3) is 5.69 Å². The number of hydrogen-bond acceptors (Lipinski definition) is 4. The maximum atomic E-state index is 11.7. The molecule has 0 fully saturated rings. The lowest BCUT2D eigenvalue weighted by molar-refractivity contribution is 0.901. The van der Waals surface area contributed by atoms with Gasteiger partial charge in [-0.05, 0) is 26.0 Å². The quantitative estimate of drug-likeness (QED) is 0.766. The number of hydrogen-bond donors (Lipinski definition) is 1. The SMILES string of the molecule is Cc1cc(-n2cc(C)c(N)nc2=O)ccn1. The van der Waals surface area contributed by atoms with E-state index in [0.717, 1.165) is 16.9 Å². The summed E-state index contributed by atoms with van der Waals surface area (Å²) in [5.74, 6) is 0.270. The fourth-order valence-electron chi connectivity index (χ4n) is 1.43. The average Bonchev–Trinajstić information content (AvgIpc) is 2.23. The van der Waals surface area contributed by atoms with Gasteiger partial charge in [0.05, 0.1) is 5.69 Å². The van der Waals surface area contributed by atoms with Crippen molar-refractivity contribution in [2.45, 2.75) is 13.8 Å². The third-order valence-corrected chi connectivity index (χ3v) is 2.31. The highest BCUT2D eigenvalue weighted by Crippen LogP contribution is 2.08. The molecular formula is C11H12N4O. The lowest BCUT2D eigenvalue weighted by Crippen LogP contribution is -2.23. The van der Waals surface area contributed by atoms with Gasteiger partial charge in [-0.2, -0.15) is 4.98 Å². The van der Waals surface area contributed by atoms with Crippen molar-refractivity contribution < 1.29 is 0 Å². The lowest BCUT2D eigenvalue weighted by atomic mass is 10.3. The van der Waals surface area contributed by atoms with E-state index >= 15 is 0 Å². The van der Waals surface area contributed by atoms with Crippen molar-refractivity contribution in [3.8, 4) is 5.69 Å². The molecule has 0 aliphatic rings. The van der Waals surface area contributed by atoms with Crippen LogP contribution in [0.2, 0.25) is 0 Å². The summed E-state index contributed by atoms with van der Waals surface area (Å²) in [5, 5.41) is 0. The molecule has 0 saturated carbocycles. The Balaban J connectivity index is 2.65. The van der Waals surface area contributed by atoms with Crippen molar-refractivity contribution in [1.82, 2.24) is 14.5 Å². The van der Waals surface area contributed by atoms with Crippen LogP contribution in [0.1, 0.15) is 11.3 Å². The van der Waals surface area contributed by atoms with Crippen LogP contribution in [0.3, 0.4) is 0 Å². The number of nitrogen functional groups attached to an aromatic ring is 1. The van der Waals surface area contributed by atoms with Crippen LogP contribution < -0.4 is 11.4 Å². The Kier molecular flexibility index (Phi) is 2.44. The molecule has 2 aromatic rings. The summed E-state index contributed by atoms with van der Waals surface area (Å²) in [7, 11) is 0. The Morgan fingerprint density at radius 3 is 2.81 bits per heavy atom. The molecular weight excluding hydrogens is 204 g/mol. The fourth-order valence-corrected chi connectivity index (χ4v) is 1.43. The molecule has 0 spiro atoms. The molecule has 0 bridgehead atoms. The van der Waals surface area contributed by atoms with Gasteiger partial charge in [0.25, 0.3) is 0 Å². The van der Waals surface area contributed by atoms with Crippen molar-refractivity contribution in [1.29, 1.82) is 0 Å². The molecule has 0 atom stereocenters.